The van der Waals surface area contributed by atoms with Crippen molar-refractivity contribution >= 4 is 28.1 Å². The van der Waals surface area contributed by atoms with Crippen molar-refractivity contribution in [1.82, 2.24) is 25.1 Å². The smallest absolute Gasteiger partial charge is 0.269 e. The van der Waals surface area contributed by atoms with Gasteiger partial charge in [-0.3, -0.25) is 25.0 Å². The number of hydrazine groups is 1. The Kier molecular flexibility index (Phi) is 9.78. The van der Waals surface area contributed by atoms with Crippen LogP contribution in [0.15, 0.2) is 34.6 Å². The van der Waals surface area contributed by atoms with Crippen LogP contribution in [0.3, 0.4) is 0 Å². The number of carbonyl (C=O) groups is 1. The summed E-state index contributed by atoms with van der Waals surface area (Å²) in [6, 6.07) is 8.60. The fourth-order valence-electron chi connectivity index (χ4n) is 5.30. The molecule has 3 heterocycles. The number of nitrogens with zero attached hydrogens (tertiary/aromatic N) is 4. The van der Waals surface area contributed by atoms with E-state index >= 15 is 0 Å². The molecule has 198 valence electrons. The number of piperazine rings is 1. The minimum Gasteiger partial charge on any atom is -0.383 e. The zero-order valence-corrected chi connectivity index (χ0v) is 22.9. The quantitative estimate of drug-likeness (QED) is 0.330. The van der Waals surface area contributed by atoms with Crippen LogP contribution in [0, 0.1) is 5.41 Å². The van der Waals surface area contributed by atoms with E-state index in [-0.39, 0.29) is 11.9 Å². The van der Waals surface area contributed by atoms with Gasteiger partial charge < -0.3 is 20.8 Å². The Hall–Kier alpha value is -1.98. The summed E-state index contributed by atoms with van der Waals surface area (Å²) in [4.78, 5) is 20.7. The highest BCUT2D eigenvalue weighted by Crippen LogP contribution is 2.21. The van der Waals surface area contributed by atoms with Crippen LogP contribution in [-0.2, 0) is 11.3 Å². The largest absolute Gasteiger partial charge is 0.383 e. The summed E-state index contributed by atoms with van der Waals surface area (Å²) in [5.74, 6) is 0.108. The number of benzene rings is 1. The highest BCUT2D eigenvalue weighted by molar-refractivity contribution is 9.12. The van der Waals surface area contributed by atoms with Crippen molar-refractivity contribution in [2.45, 2.75) is 44.3 Å². The molecular weight excluding hydrogens is 522 g/mol. The second-order valence-electron chi connectivity index (χ2n) is 10.1. The van der Waals surface area contributed by atoms with E-state index in [1.807, 2.05) is 24.3 Å². The van der Waals surface area contributed by atoms with Gasteiger partial charge in [-0.15, -0.1) is 0 Å². The Labute approximate surface area is 223 Å². The van der Waals surface area contributed by atoms with Crippen LogP contribution in [0.4, 0.5) is 0 Å². The highest BCUT2D eigenvalue weighted by atomic mass is 79.9. The minimum atomic E-state index is -0.214. The molecule has 1 aromatic carbocycles. The number of hydrogen-bond donors (Lipinski definition) is 3. The van der Waals surface area contributed by atoms with E-state index in [1.165, 1.54) is 44.6 Å². The SMILES string of the molecule is CN1CCN(C2CCN(Cc3ccc(C(=O)NN(/C(N)=C(\Br)C=N)C4CCOCC4)cc3)CC2)CC1. The summed E-state index contributed by atoms with van der Waals surface area (Å²) in [6.45, 7) is 9.12. The van der Waals surface area contributed by atoms with E-state index in [4.69, 9.17) is 15.9 Å². The molecule has 4 rings (SSSR count). The molecule has 1 aromatic rings. The van der Waals surface area contributed by atoms with Gasteiger partial charge >= 0.3 is 0 Å². The van der Waals surface area contributed by atoms with Crippen LogP contribution in [0.2, 0.25) is 0 Å². The van der Waals surface area contributed by atoms with Gasteiger partial charge in [0, 0.05) is 63.8 Å². The van der Waals surface area contributed by atoms with Crippen molar-refractivity contribution in [3.05, 3.63) is 45.7 Å². The van der Waals surface area contributed by atoms with Crippen molar-refractivity contribution in [1.29, 1.82) is 5.41 Å². The number of amides is 1. The molecule has 0 spiro atoms. The number of ether oxygens (including phenoxy) is 1. The van der Waals surface area contributed by atoms with Crippen LogP contribution >= 0.6 is 15.9 Å². The fourth-order valence-corrected chi connectivity index (χ4v) is 5.49. The zero-order valence-electron chi connectivity index (χ0n) is 21.3. The molecule has 3 aliphatic rings. The van der Waals surface area contributed by atoms with Crippen molar-refractivity contribution in [2.75, 3.05) is 59.5 Å². The van der Waals surface area contributed by atoms with E-state index in [0.29, 0.717) is 35.1 Å². The van der Waals surface area contributed by atoms with Gasteiger partial charge in [-0.2, -0.15) is 0 Å². The molecule has 36 heavy (non-hydrogen) atoms. The lowest BCUT2D eigenvalue weighted by atomic mass is 10.0. The molecule has 0 saturated carbocycles. The van der Waals surface area contributed by atoms with Crippen molar-refractivity contribution < 1.29 is 9.53 Å². The second-order valence-corrected chi connectivity index (χ2v) is 10.9. The molecule has 0 bridgehead atoms. The van der Waals surface area contributed by atoms with E-state index in [1.54, 1.807) is 5.01 Å². The van der Waals surface area contributed by atoms with Crippen molar-refractivity contribution in [2.24, 2.45) is 5.73 Å². The fraction of sp³-hybridized carbons (Fsp3) is 0.615. The average molecular weight is 563 g/mol. The Bertz CT molecular complexity index is 903. The number of likely N-dealkylation sites (N-methyl/N-ethyl adjacent to an activating group) is 1. The summed E-state index contributed by atoms with van der Waals surface area (Å²) in [6.07, 6.45) is 5.10. The van der Waals surface area contributed by atoms with Crippen LogP contribution in [0.1, 0.15) is 41.6 Å². The number of likely N-dealkylation sites (tertiary alicyclic amines) is 1. The molecule has 0 unspecified atom stereocenters. The maximum Gasteiger partial charge on any atom is 0.269 e. The van der Waals surface area contributed by atoms with Gasteiger partial charge in [-0.1, -0.05) is 12.1 Å². The molecule has 4 N–H and O–H groups in total. The lowest BCUT2D eigenvalue weighted by Crippen LogP contribution is -2.52. The molecule has 0 aromatic heterocycles. The topological polar surface area (TPSA) is 101 Å². The first-order valence-electron chi connectivity index (χ1n) is 13.0. The van der Waals surface area contributed by atoms with Gasteiger partial charge in [0.25, 0.3) is 5.91 Å². The monoisotopic (exact) mass is 561 g/mol. The maximum absolute atomic E-state index is 13.1. The predicted octanol–water partition coefficient (Wildman–Crippen LogP) is 2.20. The predicted molar refractivity (Wildman–Crippen MR) is 146 cm³/mol. The second kappa shape index (κ2) is 13.0. The molecule has 0 atom stereocenters. The van der Waals surface area contributed by atoms with E-state index in [9.17, 15) is 4.79 Å². The Morgan fingerprint density at radius 3 is 2.36 bits per heavy atom. The normalized spacial score (nSPS) is 22.2. The number of piperidine rings is 1. The molecular formula is C26H40BrN7O2. The third kappa shape index (κ3) is 7.07. The lowest BCUT2D eigenvalue weighted by Gasteiger charge is -2.42. The number of rotatable bonds is 8. The molecule has 9 nitrogen and oxygen atoms in total. The first kappa shape index (κ1) is 27.1. The highest BCUT2D eigenvalue weighted by Gasteiger charge is 2.27. The van der Waals surface area contributed by atoms with Gasteiger partial charge in [-0.25, -0.2) is 0 Å². The van der Waals surface area contributed by atoms with Gasteiger partial charge in [0.05, 0.1) is 10.5 Å². The number of carbonyl (C=O) groups excluding carboxylic acids is 1. The summed E-state index contributed by atoms with van der Waals surface area (Å²) >= 11 is 3.32. The van der Waals surface area contributed by atoms with Gasteiger partial charge in [0.1, 0.15) is 5.82 Å². The molecule has 1 amide bonds. The van der Waals surface area contributed by atoms with Crippen LogP contribution < -0.4 is 11.2 Å². The average Bonchev–Trinajstić information content (AvgIpc) is 2.92. The van der Waals surface area contributed by atoms with Crippen molar-refractivity contribution in [3.8, 4) is 0 Å². The van der Waals surface area contributed by atoms with Gasteiger partial charge in [0.2, 0.25) is 0 Å². The number of allylic oxidation sites excluding steroid dienone is 1. The summed E-state index contributed by atoms with van der Waals surface area (Å²) in [5, 5.41) is 9.19. The summed E-state index contributed by atoms with van der Waals surface area (Å²) < 4.78 is 5.89. The minimum absolute atomic E-state index is 0.0169. The molecule has 3 saturated heterocycles. The molecule has 0 aliphatic carbocycles. The standard InChI is InChI=1S/C26H40BrN7O2/c1-31-12-14-33(15-13-31)22-6-10-32(11-7-22)19-20-2-4-21(5-3-20)26(35)30-34(25(29)24(27)18-28)23-8-16-36-17-9-23/h2-5,18,22-23,28H,6-17,19,29H2,1H3,(H,30,35)/b25-24-,28-18?. The summed E-state index contributed by atoms with van der Waals surface area (Å²) in [5.41, 5.74) is 11.0. The Morgan fingerprint density at radius 2 is 1.75 bits per heavy atom. The number of hydrogen-bond acceptors (Lipinski definition) is 8. The number of nitrogens with two attached hydrogens (primary N) is 1. The molecule has 3 aliphatic heterocycles. The van der Waals surface area contributed by atoms with Gasteiger partial charge in [0.15, 0.2) is 0 Å². The third-order valence-corrected chi connectivity index (χ3v) is 8.28. The Balaban J connectivity index is 1.30. The van der Waals surface area contributed by atoms with Gasteiger partial charge in [-0.05, 0) is 79.4 Å². The van der Waals surface area contributed by atoms with E-state index in [0.717, 1.165) is 38.7 Å². The zero-order chi connectivity index (χ0) is 25.5. The van der Waals surface area contributed by atoms with E-state index in [2.05, 4.69) is 43.1 Å². The molecule has 3 fully saturated rings. The summed E-state index contributed by atoms with van der Waals surface area (Å²) in [7, 11) is 2.21. The molecule has 0 radical (unpaired) electrons. The first-order valence-corrected chi connectivity index (χ1v) is 13.8. The third-order valence-electron chi connectivity index (χ3n) is 7.64. The lowest BCUT2D eigenvalue weighted by molar-refractivity contribution is 0.0263. The van der Waals surface area contributed by atoms with E-state index < -0.39 is 0 Å². The number of halogens is 1. The van der Waals surface area contributed by atoms with Crippen LogP contribution in [0.5, 0.6) is 0 Å². The van der Waals surface area contributed by atoms with Crippen LogP contribution in [-0.4, -0.2) is 103 Å². The first-order chi connectivity index (χ1) is 17.4. The maximum atomic E-state index is 13.1. The Morgan fingerprint density at radius 1 is 1.11 bits per heavy atom. The number of nitrogens with one attached hydrogen (secondary N) is 2. The van der Waals surface area contributed by atoms with Crippen LogP contribution in [0.25, 0.3) is 0 Å². The van der Waals surface area contributed by atoms with Crippen molar-refractivity contribution in [3.63, 3.8) is 0 Å². The molecule has 10 heteroatoms.